The molecule has 0 spiro atoms. The van der Waals surface area contributed by atoms with Gasteiger partial charge in [0.2, 0.25) is 5.75 Å². The fraction of sp³-hybridized carbons (Fsp3) is 0.462. The lowest BCUT2D eigenvalue weighted by Crippen LogP contribution is -2.36. The molecule has 1 saturated heterocycles. The van der Waals surface area contributed by atoms with Gasteiger partial charge in [-0.1, -0.05) is 12.1 Å². The van der Waals surface area contributed by atoms with Gasteiger partial charge in [0.25, 0.3) is 5.91 Å². The zero-order valence-electron chi connectivity index (χ0n) is 20.7. The van der Waals surface area contributed by atoms with Crippen LogP contribution >= 0.6 is 0 Å². The predicted octanol–water partition coefficient (Wildman–Crippen LogP) is 3.73. The van der Waals surface area contributed by atoms with Gasteiger partial charge in [0.15, 0.2) is 11.5 Å². The van der Waals surface area contributed by atoms with E-state index in [1.165, 1.54) is 6.42 Å². The van der Waals surface area contributed by atoms with Crippen LogP contribution in [0.2, 0.25) is 0 Å². The van der Waals surface area contributed by atoms with E-state index in [9.17, 15) is 4.79 Å². The Morgan fingerprint density at radius 1 is 1.09 bits per heavy atom. The molecule has 1 aromatic heterocycles. The first-order chi connectivity index (χ1) is 16.5. The number of carbonyl (C=O) groups is 1. The molecule has 1 aliphatic rings. The van der Waals surface area contributed by atoms with Crippen LogP contribution in [0.25, 0.3) is 11.0 Å². The van der Waals surface area contributed by atoms with Crippen LogP contribution in [0, 0.1) is 0 Å². The summed E-state index contributed by atoms with van der Waals surface area (Å²) in [5.74, 6) is 2.15. The number of rotatable bonds is 9. The van der Waals surface area contributed by atoms with Gasteiger partial charge in [0.05, 0.1) is 38.9 Å². The molecular formula is C26H34N4O4. The summed E-state index contributed by atoms with van der Waals surface area (Å²) in [5, 5.41) is 0. The monoisotopic (exact) mass is 466 g/mol. The zero-order valence-corrected chi connectivity index (χ0v) is 20.7. The molecule has 1 fully saturated rings. The van der Waals surface area contributed by atoms with E-state index < -0.39 is 0 Å². The van der Waals surface area contributed by atoms with Crippen LogP contribution < -0.4 is 14.2 Å². The Morgan fingerprint density at radius 2 is 1.79 bits per heavy atom. The van der Waals surface area contributed by atoms with Crippen LogP contribution in [0.1, 0.15) is 35.4 Å². The number of fused-ring (bicyclic) bond motifs is 1. The van der Waals surface area contributed by atoms with Gasteiger partial charge in [-0.25, -0.2) is 4.98 Å². The number of hydrogen-bond donors (Lipinski definition) is 0. The number of aromatic nitrogens is 2. The number of carbonyl (C=O) groups excluding carboxylic acids is 1. The second-order valence-corrected chi connectivity index (χ2v) is 8.78. The van der Waals surface area contributed by atoms with Gasteiger partial charge < -0.3 is 28.6 Å². The van der Waals surface area contributed by atoms with Crippen LogP contribution in [-0.2, 0) is 13.6 Å². The Bertz CT molecular complexity index is 1130. The highest BCUT2D eigenvalue weighted by Crippen LogP contribution is 2.38. The Morgan fingerprint density at radius 3 is 2.38 bits per heavy atom. The number of amides is 1. The lowest BCUT2D eigenvalue weighted by molar-refractivity contribution is 0.0722. The quantitative estimate of drug-likeness (QED) is 0.479. The molecule has 34 heavy (non-hydrogen) atoms. The number of likely N-dealkylation sites (tertiary alicyclic amines) is 1. The van der Waals surface area contributed by atoms with Crippen molar-refractivity contribution in [3.8, 4) is 17.2 Å². The first kappa shape index (κ1) is 23.9. The molecule has 4 rings (SSSR count). The van der Waals surface area contributed by atoms with Crippen molar-refractivity contribution in [2.24, 2.45) is 7.05 Å². The molecule has 0 N–H and O–H groups in total. The number of methoxy groups -OCH3 is 3. The van der Waals surface area contributed by atoms with Crippen molar-refractivity contribution in [2.75, 3.05) is 41.5 Å². The highest BCUT2D eigenvalue weighted by atomic mass is 16.5. The fourth-order valence-corrected chi connectivity index (χ4v) is 4.80. The molecule has 182 valence electrons. The third kappa shape index (κ3) is 4.68. The molecule has 3 aromatic rings. The molecule has 1 aliphatic heterocycles. The number of aryl methyl sites for hydroxylation is 1. The minimum Gasteiger partial charge on any atom is -0.493 e. The predicted molar refractivity (Wildman–Crippen MR) is 132 cm³/mol. The van der Waals surface area contributed by atoms with Gasteiger partial charge in [0.1, 0.15) is 5.82 Å². The summed E-state index contributed by atoms with van der Waals surface area (Å²) in [6.07, 6.45) is 3.28. The largest absolute Gasteiger partial charge is 0.493 e. The smallest absolute Gasteiger partial charge is 0.254 e. The SMILES string of the molecule is COc1cc(C(=O)N(CCC2CCCN2C)Cc2nc3ccccc3n2C)cc(OC)c1OC. The summed E-state index contributed by atoms with van der Waals surface area (Å²) < 4.78 is 18.5. The number of nitrogens with zero attached hydrogens (tertiary/aromatic N) is 4. The molecule has 1 amide bonds. The van der Waals surface area contributed by atoms with Gasteiger partial charge in [-0.15, -0.1) is 0 Å². The van der Waals surface area contributed by atoms with E-state index in [-0.39, 0.29) is 5.91 Å². The Balaban J connectivity index is 1.66. The van der Waals surface area contributed by atoms with Crippen LogP contribution in [0.15, 0.2) is 36.4 Å². The Hall–Kier alpha value is -3.26. The van der Waals surface area contributed by atoms with E-state index in [0.29, 0.717) is 41.9 Å². The van der Waals surface area contributed by atoms with Crippen molar-refractivity contribution in [3.05, 3.63) is 47.8 Å². The van der Waals surface area contributed by atoms with E-state index in [0.717, 1.165) is 36.2 Å². The average molecular weight is 467 g/mol. The summed E-state index contributed by atoms with van der Waals surface area (Å²) >= 11 is 0. The highest BCUT2D eigenvalue weighted by Gasteiger charge is 2.26. The van der Waals surface area contributed by atoms with Gasteiger partial charge in [0, 0.05) is 25.2 Å². The lowest BCUT2D eigenvalue weighted by atomic mass is 10.1. The molecule has 0 radical (unpaired) electrons. The number of hydrogen-bond acceptors (Lipinski definition) is 6. The fourth-order valence-electron chi connectivity index (χ4n) is 4.80. The molecule has 1 atom stereocenters. The topological polar surface area (TPSA) is 69.1 Å². The number of benzene rings is 2. The molecule has 8 heteroatoms. The summed E-state index contributed by atoms with van der Waals surface area (Å²) in [5.41, 5.74) is 2.47. The third-order valence-corrected chi connectivity index (χ3v) is 6.81. The van der Waals surface area contributed by atoms with Crippen molar-refractivity contribution < 1.29 is 19.0 Å². The van der Waals surface area contributed by atoms with E-state index in [4.69, 9.17) is 19.2 Å². The molecule has 2 aromatic carbocycles. The lowest BCUT2D eigenvalue weighted by Gasteiger charge is -2.27. The molecule has 0 aliphatic carbocycles. The molecule has 0 saturated carbocycles. The molecule has 0 bridgehead atoms. The minimum absolute atomic E-state index is 0.0908. The number of para-hydroxylation sites is 2. The third-order valence-electron chi connectivity index (χ3n) is 6.81. The molecular weight excluding hydrogens is 432 g/mol. The van der Waals surface area contributed by atoms with Crippen LogP contribution in [0.3, 0.4) is 0 Å². The molecule has 2 heterocycles. The second-order valence-electron chi connectivity index (χ2n) is 8.78. The Labute approximate surface area is 201 Å². The van der Waals surface area contributed by atoms with Crippen molar-refractivity contribution in [1.82, 2.24) is 19.4 Å². The highest BCUT2D eigenvalue weighted by molar-refractivity contribution is 5.95. The first-order valence-corrected chi connectivity index (χ1v) is 11.7. The second kappa shape index (κ2) is 10.3. The van der Waals surface area contributed by atoms with Crippen molar-refractivity contribution in [3.63, 3.8) is 0 Å². The van der Waals surface area contributed by atoms with Crippen LogP contribution in [-0.4, -0.2) is 72.8 Å². The molecule has 1 unspecified atom stereocenters. The van der Waals surface area contributed by atoms with Crippen molar-refractivity contribution >= 4 is 16.9 Å². The number of imidazole rings is 1. The maximum absolute atomic E-state index is 13.8. The summed E-state index contributed by atoms with van der Waals surface area (Å²) in [7, 11) is 8.82. The van der Waals surface area contributed by atoms with E-state index in [2.05, 4.69) is 16.5 Å². The number of ether oxygens (including phenoxy) is 3. The van der Waals surface area contributed by atoms with Gasteiger partial charge in [-0.3, -0.25) is 4.79 Å². The summed E-state index contributed by atoms with van der Waals surface area (Å²) in [6, 6.07) is 11.9. The van der Waals surface area contributed by atoms with E-state index in [1.54, 1.807) is 33.5 Å². The van der Waals surface area contributed by atoms with E-state index >= 15 is 0 Å². The van der Waals surface area contributed by atoms with E-state index in [1.807, 2.05) is 36.2 Å². The minimum atomic E-state index is -0.0908. The molecule has 8 nitrogen and oxygen atoms in total. The van der Waals surface area contributed by atoms with Crippen molar-refractivity contribution in [1.29, 1.82) is 0 Å². The zero-order chi connectivity index (χ0) is 24.2. The van der Waals surface area contributed by atoms with Crippen LogP contribution in [0.5, 0.6) is 17.2 Å². The standard InChI is InChI=1S/C26H34N4O4/c1-28-13-8-9-19(28)12-14-30(17-24-27-20-10-6-7-11-21(20)29(24)2)26(31)18-15-22(32-3)25(34-5)23(16-18)33-4/h6-7,10-11,15-16,19H,8-9,12-14,17H2,1-5H3. The average Bonchev–Trinajstić information content (AvgIpc) is 3.42. The van der Waals surface area contributed by atoms with Crippen LogP contribution in [0.4, 0.5) is 0 Å². The summed E-state index contributed by atoms with van der Waals surface area (Å²) in [4.78, 5) is 22.9. The maximum atomic E-state index is 13.8. The summed E-state index contributed by atoms with van der Waals surface area (Å²) in [6.45, 7) is 2.15. The van der Waals surface area contributed by atoms with Gasteiger partial charge in [-0.05, 0) is 57.1 Å². The van der Waals surface area contributed by atoms with Gasteiger partial charge >= 0.3 is 0 Å². The normalized spacial score (nSPS) is 16.1. The maximum Gasteiger partial charge on any atom is 0.254 e. The van der Waals surface area contributed by atoms with Gasteiger partial charge in [-0.2, -0.15) is 0 Å². The van der Waals surface area contributed by atoms with Crippen molar-refractivity contribution in [2.45, 2.75) is 31.8 Å². The first-order valence-electron chi connectivity index (χ1n) is 11.7. The Kier molecular flexibility index (Phi) is 7.26.